The minimum absolute atomic E-state index is 0. The first-order chi connectivity index (χ1) is 10.8. The van der Waals surface area contributed by atoms with Crippen molar-refractivity contribution < 1.29 is 14.4 Å². The number of halogens is 1. The van der Waals surface area contributed by atoms with E-state index in [0.717, 1.165) is 12.0 Å². The molecule has 7 nitrogen and oxygen atoms in total. The SMILES string of the molecule is CCCC(C)(N)C(=O)NCc1ccc(C(=O)NCC(N)=O)cc1.Cl. The van der Waals surface area contributed by atoms with Crippen LogP contribution in [0.4, 0.5) is 0 Å². The normalized spacial score (nSPS) is 12.5. The lowest BCUT2D eigenvalue weighted by Gasteiger charge is -2.22. The minimum atomic E-state index is -0.886. The van der Waals surface area contributed by atoms with Crippen molar-refractivity contribution in [1.29, 1.82) is 0 Å². The predicted octanol–water partition coefficient (Wildman–Crippen LogP) is 0.457. The Hall–Kier alpha value is -2.12. The molecule has 24 heavy (non-hydrogen) atoms. The summed E-state index contributed by atoms with van der Waals surface area (Å²) in [7, 11) is 0. The van der Waals surface area contributed by atoms with Crippen LogP contribution < -0.4 is 22.1 Å². The van der Waals surface area contributed by atoms with Crippen LogP contribution in [0.5, 0.6) is 0 Å². The Labute approximate surface area is 147 Å². The molecule has 0 aliphatic rings. The number of carbonyl (C=O) groups excluding carboxylic acids is 3. The van der Waals surface area contributed by atoms with E-state index in [9.17, 15) is 14.4 Å². The van der Waals surface area contributed by atoms with Gasteiger partial charge in [-0.15, -0.1) is 12.4 Å². The fourth-order valence-corrected chi connectivity index (χ4v) is 2.06. The van der Waals surface area contributed by atoms with Gasteiger partial charge in [-0.05, 0) is 31.0 Å². The van der Waals surface area contributed by atoms with Crippen LogP contribution in [-0.2, 0) is 16.1 Å². The lowest BCUT2D eigenvalue weighted by atomic mass is 9.96. The molecule has 0 saturated heterocycles. The van der Waals surface area contributed by atoms with E-state index in [4.69, 9.17) is 11.5 Å². The number of amides is 3. The van der Waals surface area contributed by atoms with E-state index >= 15 is 0 Å². The summed E-state index contributed by atoms with van der Waals surface area (Å²) in [5, 5.41) is 5.19. The summed E-state index contributed by atoms with van der Waals surface area (Å²) in [6.07, 6.45) is 1.44. The first kappa shape index (κ1) is 21.9. The molecule has 0 aliphatic heterocycles. The number of hydrogen-bond donors (Lipinski definition) is 4. The lowest BCUT2D eigenvalue weighted by Crippen LogP contribution is -2.51. The predicted molar refractivity (Wildman–Crippen MR) is 94.6 cm³/mol. The summed E-state index contributed by atoms with van der Waals surface area (Å²) in [4.78, 5) is 34.4. The lowest BCUT2D eigenvalue weighted by molar-refractivity contribution is -0.126. The van der Waals surface area contributed by atoms with Gasteiger partial charge in [-0.3, -0.25) is 14.4 Å². The summed E-state index contributed by atoms with van der Waals surface area (Å²) >= 11 is 0. The van der Waals surface area contributed by atoms with Crippen LogP contribution in [0.1, 0.15) is 42.6 Å². The van der Waals surface area contributed by atoms with Gasteiger partial charge >= 0.3 is 0 Å². The van der Waals surface area contributed by atoms with Gasteiger partial charge in [0.25, 0.3) is 5.91 Å². The number of benzene rings is 1. The zero-order valence-electron chi connectivity index (χ0n) is 13.9. The smallest absolute Gasteiger partial charge is 0.251 e. The quantitative estimate of drug-likeness (QED) is 0.539. The van der Waals surface area contributed by atoms with Gasteiger partial charge in [-0.1, -0.05) is 25.5 Å². The maximum absolute atomic E-state index is 12.0. The van der Waals surface area contributed by atoms with E-state index in [1.165, 1.54) is 0 Å². The molecule has 0 aromatic heterocycles. The van der Waals surface area contributed by atoms with Crippen molar-refractivity contribution in [2.75, 3.05) is 6.54 Å². The Balaban J connectivity index is 0.00000529. The van der Waals surface area contributed by atoms with Crippen LogP contribution in [0.2, 0.25) is 0 Å². The molecule has 1 rings (SSSR count). The Morgan fingerprint density at radius 2 is 1.71 bits per heavy atom. The first-order valence-corrected chi connectivity index (χ1v) is 7.49. The molecular formula is C16H25ClN4O3. The van der Waals surface area contributed by atoms with Gasteiger partial charge in [0.1, 0.15) is 0 Å². The number of nitrogens with one attached hydrogen (secondary N) is 2. The molecule has 0 fully saturated rings. The summed E-state index contributed by atoms with van der Waals surface area (Å²) in [6, 6.07) is 6.69. The van der Waals surface area contributed by atoms with Crippen LogP contribution in [0, 0.1) is 0 Å². The van der Waals surface area contributed by atoms with Gasteiger partial charge in [0.05, 0.1) is 12.1 Å². The third-order valence-electron chi connectivity index (χ3n) is 3.38. The molecule has 0 radical (unpaired) electrons. The average molecular weight is 357 g/mol. The van der Waals surface area contributed by atoms with Crippen molar-refractivity contribution in [3.05, 3.63) is 35.4 Å². The molecule has 0 bridgehead atoms. The molecular weight excluding hydrogens is 332 g/mol. The highest BCUT2D eigenvalue weighted by Crippen LogP contribution is 2.09. The zero-order valence-corrected chi connectivity index (χ0v) is 14.7. The van der Waals surface area contributed by atoms with Gasteiger partial charge < -0.3 is 22.1 Å². The second-order valence-electron chi connectivity index (χ2n) is 5.70. The molecule has 0 spiro atoms. The number of primary amides is 1. The summed E-state index contributed by atoms with van der Waals surface area (Å²) in [6.45, 7) is 3.81. The van der Waals surface area contributed by atoms with E-state index in [1.807, 2.05) is 6.92 Å². The van der Waals surface area contributed by atoms with Crippen molar-refractivity contribution in [2.45, 2.75) is 38.8 Å². The molecule has 8 heteroatoms. The zero-order chi connectivity index (χ0) is 17.5. The molecule has 134 valence electrons. The number of carbonyl (C=O) groups is 3. The third kappa shape index (κ3) is 6.97. The molecule has 6 N–H and O–H groups in total. The van der Waals surface area contributed by atoms with Crippen LogP contribution >= 0.6 is 12.4 Å². The molecule has 1 aromatic rings. The van der Waals surface area contributed by atoms with E-state index in [2.05, 4.69) is 10.6 Å². The molecule has 1 unspecified atom stereocenters. The molecule has 3 amide bonds. The molecule has 1 aromatic carbocycles. The van der Waals surface area contributed by atoms with E-state index in [-0.39, 0.29) is 30.8 Å². The second kappa shape index (κ2) is 9.89. The van der Waals surface area contributed by atoms with Crippen molar-refractivity contribution in [3.8, 4) is 0 Å². The van der Waals surface area contributed by atoms with Gasteiger partial charge in [0.15, 0.2) is 0 Å². The third-order valence-corrected chi connectivity index (χ3v) is 3.38. The van der Waals surface area contributed by atoms with Crippen LogP contribution in [0.15, 0.2) is 24.3 Å². The maximum atomic E-state index is 12.0. The fraction of sp³-hybridized carbons (Fsp3) is 0.438. The van der Waals surface area contributed by atoms with Crippen molar-refractivity contribution in [1.82, 2.24) is 10.6 Å². The Bertz CT molecular complexity index is 573. The van der Waals surface area contributed by atoms with Crippen LogP contribution in [0.25, 0.3) is 0 Å². The largest absolute Gasteiger partial charge is 0.368 e. The molecule has 0 saturated carbocycles. The molecule has 0 aliphatic carbocycles. The minimum Gasteiger partial charge on any atom is -0.368 e. The highest BCUT2D eigenvalue weighted by atomic mass is 35.5. The Kier molecular flexibility index (Phi) is 9.02. The van der Waals surface area contributed by atoms with E-state index < -0.39 is 11.4 Å². The second-order valence-corrected chi connectivity index (χ2v) is 5.70. The Morgan fingerprint density at radius 3 is 2.21 bits per heavy atom. The number of rotatable bonds is 8. The highest BCUT2D eigenvalue weighted by molar-refractivity contribution is 5.96. The van der Waals surface area contributed by atoms with E-state index in [0.29, 0.717) is 18.5 Å². The van der Waals surface area contributed by atoms with Crippen LogP contribution in [-0.4, -0.2) is 29.8 Å². The van der Waals surface area contributed by atoms with Crippen molar-refractivity contribution in [2.24, 2.45) is 11.5 Å². The fourth-order valence-electron chi connectivity index (χ4n) is 2.06. The maximum Gasteiger partial charge on any atom is 0.251 e. The van der Waals surface area contributed by atoms with E-state index in [1.54, 1.807) is 31.2 Å². The monoisotopic (exact) mass is 356 g/mol. The molecule has 1 atom stereocenters. The van der Waals surface area contributed by atoms with Crippen molar-refractivity contribution >= 4 is 30.1 Å². The standard InChI is InChI=1S/C16H24N4O3.ClH/c1-3-8-16(2,18)15(23)20-9-11-4-6-12(7-5-11)14(22)19-10-13(17)21;/h4-7H,3,8-10,18H2,1-2H3,(H2,17,21)(H,19,22)(H,20,23);1H. The topological polar surface area (TPSA) is 127 Å². The summed E-state index contributed by atoms with van der Waals surface area (Å²) in [5.74, 6) is -1.19. The molecule has 0 heterocycles. The number of hydrogen-bond acceptors (Lipinski definition) is 4. The van der Waals surface area contributed by atoms with Crippen molar-refractivity contribution in [3.63, 3.8) is 0 Å². The first-order valence-electron chi connectivity index (χ1n) is 7.49. The van der Waals surface area contributed by atoms with Gasteiger partial charge in [-0.25, -0.2) is 0 Å². The highest BCUT2D eigenvalue weighted by Gasteiger charge is 2.26. The van der Waals surface area contributed by atoms with Gasteiger partial charge in [0, 0.05) is 12.1 Å². The van der Waals surface area contributed by atoms with Gasteiger partial charge in [-0.2, -0.15) is 0 Å². The summed E-state index contributed by atoms with van der Waals surface area (Å²) < 4.78 is 0. The summed E-state index contributed by atoms with van der Waals surface area (Å²) in [5.41, 5.74) is 11.3. The Morgan fingerprint density at radius 1 is 1.12 bits per heavy atom. The van der Waals surface area contributed by atoms with Crippen LogP contribution in [0.3, 0.4) is 0 Å². The average Bonchev–Trinajstić information content (AvgIpc) is 2.50. The number of nitrogens with two attached hydrogens (primary N) is 2. The van der Waals surface area contributed by atoms with Gasteiger partial charge in [0.2, 0.25) is 11.8 Å².